The van der Waals surface area contributed by atoms with E-state index in [9.17, 15) is 4.79 Å². The molecular formula is C20H31N3O2. The molecule has 1 aromatic carbocycles. The molecule has 0 bridgehead atoms. The molecule has 5 nitrogen and oxygen atoms in total. The molecule has 3 rings (SSSR count). The van der Waals surface area contributed by atoms with Gasteiger partial charge in [0, 0.05) is 45.0 Å². The normalized spacial score (nSPS) is 21.5. The lowest BCUT2D eigenvalue weighted by atomic mass is 9.87. The topological polar surface area (TPSA) is 44.8 Å². The minimum absolute atomic E-state index is 0.0400. The van der Waals surface area contributed by atoms with Crippen molar-refractivity contribution in [1.82, 2.24) is 10.2 Å². The van der Waals surface area contributed by atoms with Crippen molar-refractivity contribution in [3.05, 3.63) is 29.8 Å². The Morgan fingerprint density at radius 3 is 2.40 bits per heavy atom. The van der Waals surface area contributed by atoms with Crippen LogP contribution in [0, 0.1) is 0 Å². The predicted octanol–water partition coefficient (Wildman–Crippen LogP) is 2.99. The number of hydrogen-bond donors (Lipinski definition) is 1. The molecular weight excluding hydrogens is 314 g/mol. The maximum atomic E-state index is 12.3. The molecule has 1 atom stereocenters. The zero-order valence-electron chi connectivity index (χ0n) is 15.8. The predicted molar refractivity (Wildman–Crippen MR) is 101 cm³/mol. The largest absolute Gasteiger partial charge is 0.376 e. The molecule has 5 heteroatoms. The molecule has 25 heavy (non-hydrogen) atoms. The van der Waals surface area contributed by atoms with E-state index in [1.807, 2.05) is 4.90 Å². The monoisotopic (exact) mass is 345 g/mol. The van der Waals surface area contributed by atoms with Crippen LogP contribution in [-0.4, -0.2) is 56.4 Å². The zero-order valence-corrected chi connectivity index (χ0v) is 15.8. The van der Waals surface area contributed by atoms with Gasteiger partial charge in [-0.05, 0) is 36.0 Å². The van der Waals surface area contributed by atoms with Crippen LogP contribution >= 0.6 is 0 Å². The van der Waals surface area contributed by atoms with Crippen molar-refractivity contribution in [3.8, 4) is 0 Å². The van der Waals surface area contributed by atoms with Gasteiger partial charge in [-0.1, -0.05) is 32.9 Å². The van der Waals surface area contributed by atoms with Crippen molar-refractivity contribution in [2.75, 3.05) is 44.2 Å². The number of urea groups is 1. The molecule has 2 heterocycles. The van der Waals surface area contributed by atoms with E-state index in [0.29, 0.717) is 6.54 Å². The summed E-state index contributed by atoms with van der Waals surface area (Å²) in [7, 11) is 0. The molecule has 138 valence electrons. The standard InChI is InChI=1S/C20H31N3O2/c1-20(2,3)16-6-8-17(9-7-16)22-10-12-23(13-11-22)19(24)21-15-18-5-4-14-25-18/h6-9,18H,4-5,10-15H2,1-3H3,(H,21,24). The molecule has 2 fully saturated rings. The van der Waals surface area contributed by atoms with Crippen molar-refractivity contribution in [2.45, 2.75) is 45.1 Å². The van der Waals surface area contributed by atoms with Gasteiger partial charge in [0.2, 0.25) is 0 Å². The third kappa shape index (κ3) is 4.66. The molecule has 0 aromatic heterocycles. The number of carbonyl (C=O) groups is 1. The Hall–Kier alpha value is -1.75. The van der Waals surface area contributed by atoms with Crippen LogP contribution in [0.5, 0.6) is 0 Å². The summed E-state index contributed by atoms with van der Waals surface area (Å²) >= 11 is 0. The number of rotatable bonds is 3. The molecule has 2 saturated heterocycles. The number of nitrogens with one attached hydrogen (secondary N) is 1. The van der Waals surface area contributed by atoms with Gasteiger partial charge < -0.3 is 19.9 Å². The Kier molecular flexibility index (Phi) is 5.52. The lowest BCUT2D eigenvalue weighted by Crippen LogP contribution is -2.52. The number of nitrogens with zero attached hydrogens (tertiary/aromatic N) is 2. The van der Waals surface area contributed by atoms with E-state index < -0.39 is 0 Å². The third-order valence-electron chi connectivity index (χ3n) is 5.17. The smallest absolute Gasteiger partial charge is 0.317 e. The van der Waals surface area contributed by atoms with E-state index in [1.54, 1.807) is 0 Å². The van der Waals surface area contributed by atoms with Crippen LogP contribution in [0.3, 0.4) is 0 Å². The average molecular weight is 345 g/mol. The van der Waals surface area contributed by atoms with Gasteiger partial charge in [0.1, 0.15) is 0 Å². The quantitative estimate of drug-likeness (QED) is 0.916. The maximum absolute atomic E-state index is 12.3. The number of anilines is 1. The van der Waals surface area contributed by atoms with Crippen molar-refractivity contribution in [2.24, 2.45) is 0 Å². The Morgan fingerprint density at radius 2 is 1.84 bits per heavy atom. The van der Waals surface area contributed by atoms with E-state index in [1.165, 1.54) is 11.3 Å². The fourth-order valence-corrected chi connectivity index (χ4v) is 3.46. The van der Waals surface area contributed by atoms with Gasteiger partial charge in [0.15, 0.2) is 0 Å². The van der Waals surface area contributed by atoms with E-state index in [4.69, 9.17) is 4.74 Å². The lowest BCUT2D eigenvalue weighted by Gasteiger charge is -2.36. The number of carbonyl (C=O) groups excluding carboxylic acids is 1. The second kappa shape index (κ2) is 7.65. The summed E-state index contributed by atoms with van der Waals surface area (Å²) in [6.07, 6.45) is 2.36. The first kappa shape index (κ1) is 18.1. The van der Waals surface area contributed by atoms with Gasteiger partial charge in [-0.2, -0.15) is 0 Å². The molecule has 2 aliphatic rings. The number of piperazine rings is 1. The van der Waals surface area contributed by atoms with Gasteiger partial charge in [-0.15, -0.1) is 0 Å². The fraction of sp³-hybridized carbons (Fsp3) is 0.650. The van der Waals surface area contributed by atoms with Gasteiger partial charge >= 0.3 is 6.03 Å². The number of ether oxygens (including phenoxy) is 1. The summed E-state index contributed by atoms with van der Waals surface area (Å²) in [4.78, 5) is 16.6. The lowest BCUT2D eigenvalue weighted by molar-refractivity contribution is 0.108. The first-order valence-electron chi connectivity index (χ1n) is 9.43. The van der Waals surface area contributed by atoms with Crippen molar-refractivity contribution in [1.29, 1.82) is 0 Å². The van der Waals surface area contributed by atoms with Crippen LogP contribution in [-0.2, 0) is 10.2 Å². The second-order valence-electron chi connectivity index (χ2n) is 8.09. The summed E-state index contributed by atoms with van der Waals surface area (Å²) in [5.41, 5.74) is 2.77. The maximum Gasteiger partial charge on any atom is 0.317 e. The number of benzene rings is 1. The Balaban J connectivity index is 1.47. The summed E-state index contributed by atoms with van der Waals surface area (Å²) in [6.45, 7) is 11.4. The van der Waals surface area contributed by atoms with Crippen LogP contribution in [0.15, 0.2) is 24.3 Å². The van der Waals surface area contributed by atoms with Gasteiger partial charge in [0.25, 0.3) is 0 Å². The highest BCUT2D eigenvalue weighted by molar-refractivity contribution is 5.74. The molecule has 0 radical (unpaired) electrons. The van der Waals surface area contributed by atoms with Gasteiger partial charge in [0.05, 0.1) is 6.10 Å². The second-order valence-corrected chi connectivity index (χ2v) is 8.09. The molecule has 1 aromatic rings. The summed E-state index contributed by atoms with van der Waals surface area (Å²) in [5, 5.41) is 3.02. The fourth-order valence-electron chi connectivity index (χ4n) is 3.46. The van der Waals surface area contributed by atoms with Crippen LogP contribution in [0.1, 0.15) is 39.2 Å². The van der Waals surface area contributed by atoms with Crippen molar-refractivity contribution < 1.29 is 9.53 Å². The summed E-state index contributed by atoms with van der Waals surface area (Å²) < 4.78 is 5.56. The first-order valence-corrected chi connectivity index (χ1v) is 9.43. The molecule has 1 unspecified atom stereocenters. The number of hydrogen-bond acceptors (Lipinski definition) is 3. The highest BCUT2D eigenvalue weighted by Gasteiger charge is 2.23. The Morgan fingerprint density at radius 1 is 1.16 bits per heavy atom. The molecule has 0 saturated carbocycles. The van der Waals surface area contributed by atoms with E-state index in [2.05, 4.69) is 55.3 Å². The highest BCUT2D eigenvalue weighted by atomic mass is 16.5. The van der Waals surface area contributed by atoms with Gasteiger partial charge in [-0.3, -0.25) is 0 Å². The third-order valence-corrected chi connectivity index (χ3v) is 5.17. The Labute approximate surface area is 151 Å². The number of amides is 2. The van der Waals surface area contributed by atoms with E-state index in [-0.39, 0.29) is 17.6 Å². The first-order chi connectivity index (χ1) is 11.9. The molecule has 2 aliphatic heterocycles. The van der Waals surface area contributed by atoms with E-state index in [0.717, 1.165) is 45.6 Å². The van der Waals surface area contributed by atoms with Crippen molar-refractivity contribution >= 4 is 11.7 Å². The molecule has 2 amide bonds. The minimum Gasteiger partial charge on any atom is -0.376 e. The van der Waals surface area contributed by atoms with Crippen LogP contribution < -0.4 is 10.2 Å². The van der Waals surface area contributed by atoms with Crippen LogP contribution in [0.2, 0.25) is 0 Å². The van der Waals surface area contributed by atoms with E-state index >= 15 is 0 Å². The minimum atomic E-state index is 0.0400. The molecule has 1 N–H and O–H groups in total. The average Bonchev–Trinajstić information content (AvgIpc) is 3.13. The molecule has 0 spiro atoms. The summed E-state index contributed by atoms with van der Waals surface area (Å²) in [6, 6.07) is 8.88. The summed E-state index contributed by atoms with van der Waals surface area (Å²) in [5.74, 6) is 0. The SMILES string of the molecule is CC(C)(C)c1ccc(N2CCN(C(=O)NCC3CCCO3)CC2)cc1. The van der Waals surface area contributed by atoms with Crippen LogP contribution in [0.25, 0.3) is 0 Å². The Bertz CT molecular complexity index is 566. The van der Waals surface area contributed by atoms with Crippen LogP contribution in [0.4, 0.5) is 10.5 Å². The zero-order chi connectivity index (χ0) is 17.9. The van der Waals surface area contributed by atoms with Gasteiger partial charge in [-0.25, -0.2) is 4.79 Å². The highest BCUT2D eigenvalue weighted by Crippen LogP contribution is 2.25. The van der Waals surface area contributed by atoms with Crippen molar-refractivity contribution in [3.63, 3.8) is 0 Å². The molecule has 0 aliphatic carbocycles.